The van der Waals surface area contributed by atoms with Gasteiger partial charge in [-0.15, -0.1) is 0 Å². The monoisotopic (exact) mass is 297 g/mol. The van der Waals surface area contributed by atoms with Crippen LogP contribution in [0.15, 0.2) is 24.3 Å². The second kappa shape index (κ2) is 11.0. The van der Waals surface area contributed by atoms with Gasteiger partial charge in [-0.3, -0.25) is 0 Å². The summed E-state index contributed by atoms with van der Waals surface area (Å²) < 4.78 is 0.939. The van der Waals surface area contributed by atoms with E-state index in [9.17, 15) is 0 Å². The number of rotatable bonds is 7. The molecule has 0 unspecified atom stereocenters. The summed E-state index contributed by atoms with van der Waals surface area (Å²) in [7, 11) is 11.5. The van der Waals surface area contributed by atoms with Gasteiger partial charge in [-0.1, -0.05) is 0 Å². The summed E-state index contributed by atoms with van der Waals surface area (Å²) in [5, 5.41) is 0. The molecule has 0 nitrogen and oxygen atoms in total. The third kappa shape index (κ3) is 12.9. The van der Waals surface area contributed by atoms with Crippen LogP contribution in [0.5, 0.6) is 0 Å². The van der Waals surface area contributed by atoms with Crippen LogP contribution in [0, 0.1) is 0 Å². The minimum absolute atomic E-state index is 0.939. The molecule has 0 aliphatic carbocycles. The average Bonchev–Trinajstić information content (AvgIpc) is 2.09. The zero-order valence-electron chi connectivity index (χ0n) is 8.10. The molecule has 3 heteroatoms. The Hall–Kier alpha value is 0.943. The molecule has 0 fully saturated rings. The number of allylic oxidation sites excluding steroid dienone is 4. The summed E-state index contributed by atoms with van der Waals surface area (Å²) in [4.78, 5) is 0. The van der Waals surface area contributed by atoms with Crippen molar-refractivity contribution in [3.63, 3.8) is 0 Å². The Balaban J connectivity index is 3.23. The first-order valence-electron chi connectivity index (χ1n) is 4.74. The molecule has 13 heavy (non-hydrogen) atoms. The quantitative estimate of drug-likeness (QED) is 0.457. The fourth-order valence-electron chi connectivity index (χ4n) is 0.883. The molecular weight excluding hydrogens is 282 g/mol. The van der Waals surface area contributed by atoms with Crippen molar-refractivity contribution in [1.82, 2.24) is 0 Å². The summed E-state index contributed by atoms with van der Waals surface area (Å²) in [6.45, 7) is 2.21. The van der Waals surface area contributed by atoms with Gasteiger partial charge >= 0.3 is 97.4 Å². The van der Waals surface area contributed by atoms with Crippen LogP contribution >= 0.6 is 17.0 Å². The Morgan fingerprint density at radius 1 is 1.08 bits per heavy atom. The van der Waals surface area contributed by atoms with Crippen LogP contribution in [0.2, 0.25) is 4.13 Å². The van der Waals surface area contributed by atoms with E-state index >= 15 is 0 Å². The molecular formula is C10H17Cl2Zr. The molecule has 0 radical (unpaired) electrons. The summed E-state index contributed by atoms with van der Waals surface area (Å²) in [6.07, 6.45) is 13.5. The molecule has 0 rings (SSSR count). The molecule has 0 aliphatic heterocycles. The Morgan fingerprint density at radius 3 is 2.38 bits per heavy atom. The number of hydrogen-bond donors (Lipinski definition) is 0. The Kier molecular flexibility index (Phi) is 11.8. The van der Waals surface area contributed by atoms with E-state index in [0.29, 0.717) is 0 Å². The van der Waals surface area contributed by atoms with Crippen molar-refractivity contribution in [3.8, 4) is 0 Å². The van der Waals surface area contributed by atoms with Gasteiger partial charge in [0.1, 0.15) is 0 Å². The van der Waals surface area contributed by atoms with Gasteiger partial charge in [0.15, 0.2) is 0 Å². The first kappa shape index (κ1) is 13.9. The third-order valence-corrected chi connectivity index (χ3v) is 4.77. The van der Waals surface area contributed by atoms with Crippen molar-refractivity contribution in [2.45, 2.75) is 36.7 Å². The van der Waals surface area contributed by atoms with Gasteiger partial charge in [0.2, 0.25) is 0 Å². The third-order valence-electron chi connectivity index (χ3n) is 1.60. The topological polar surface area (TPSA) is 0 Å². The molecule has 0 N–H and O–H groups in total. The van der Waals surface area contributed by atoms with Crippen molar-refractivity contribution in [2.75, 3.05) is 0 Å². The summed E-state index contributed by atoms with van der Waals surface area (Å²) in [6, 6.07) is 0. The van der Waals surface area contributed by atoms with E-state index in [4.69, 9.17) is 17.0 Å². The summed E-state index contributed by atoms with van der Waals surface area (Å²) in [5.74, 6) is 0. The van der Waals surface area contributed by atoms with Crippen LogP contribution in [0.3, 0.4) is 0 Å². The standard InChI is InChI=1S/C10H17.2ClH.Zr/c1-3-5-7-9-10-8-6-4-2;;;/h3,5,9-10H,1,4,6-8H2,2H3;2*1H;/q;;;+2/p-2/b5-3+,10-9+;;;. The van der Waals surface area contributed by atoms with Crippen LogP contribution in [0.1, 0.15) is 32.6 Å². The molecule has 0 aromatic heterocycles. The molecule has 0 aromatic carbocycles. The number of halogens is 2. The first-order valence-corrected chi connectivity index (χ1v) is 12.8. The summed E-state index contributed by atoms with van der Waals surface area (Å²) in [5.41, 5.74) is 0. The van der Waals surface area contributed by atoms with Crippen LogP contribution in [-0.4, -0.2) is 0 Å². The molecule has 0 atom stereocenters. The van der Waals surface area contributed by atoms with Crippen molar-refractivity contribution < 1.29 is 19.4 Å². The maximum atomic E-state index is 5.75. The normalized spacial score (nSPS) is 11.6. The van der Waals surface area contributed by atoms with Gasteiger partial charge in [-0.05, 0) is 0 Å². The fraction of sp³-hybridized carbons (Fsp3) is 0.600. The molecule has 0 heterocycles. The summed E-state index contributed by atoms with van der Waals surface area (Å²) >= 11 is -1.88. The molecule has 0 saturated carbocycles. The Morgan fingerprint density at radius 2 is 1.77 bits per heavy atom. The van der Waals surface area contributed by atoms with E-state index in [1.807, 2.05) is 0 Å². The fourth-order valence-corrected chi connectivity index (χ4v) is 2.78. The van der Waals surface area contributed by atoms with Gasteiger partial charge in [-0.2, -0.15) is 0 Å². The predicted octanol–water partition coefficient (Wildman–Crippen LogP) is 5.02. The zero-order valence-corrected chi connectivity index (χ0v) is 12.1. The molecule has 75 valence electrons. The van der Waals surface area contributed by atoms with Crippen LogP contribution in [0.4, 0.5) is 0 Å². The van der Waals surface area contributed by atoms with E-state index in [-0.39, 0.29) is 0 Å². The molecule has 0 bridgehead atoms. The molecule has 0 aromatic rings. The van der Waals surface area contributed by atoms with E-state index in [2.05, 4.69) is 31.2 Å². The molecule has 0 amide bonds. The van der Waals surface area contributed by atoms with Crippen molar-refractivity contribution >= 4 is 17.0 Å². The van der Waals surface area contributed by atoms with Gasteiger partial charge in [0, 0.05) is 0 Å². The minimum atomic E-state index is -1.88. The van der Waals surface area contributed by atoms with Crippen LogP contribution < -0.4 is 0 Å². The van der Waals surface area contributed by atoms with E-state index in [0.717, 1.165) is 10.5 Å². The zero-order chi connectivity index (χ0) is 9.94. The predicted molar refractivity (Wildman–Crippen MR) is 58.9 cm³/mol. The van der Waals surface area contributed by atoms with Gasteiger partial charge < -0.3 is 0 Å². The van der Waals surface area contributed by atoms with E-state index in [1.54, 1.807) is 0 Å². The van der Waals surface area contributed by atoms with Crippen LogP contribution in [-0.2, 0) is 19.4 Å². The first-order chi connectivity index (χ1) is 6.27. The molecule has 0 aliphatic rings. The van der Waals surface area contributed by atoms with Crippen LogP contribution in [0.25, 0.3) is 0 Å². The van der Waals surface area contributed by atoms with Crippen molar-refractivity contribution in [3.05, 3.63) is 24.3 Å². The maximum absolute atomic E-state index is 5.75. The second-order valence-corrected chi connectivity index (χ2v) is 12.1. The van der Waals surface area contributed by atoms with E-state index in [1.165, 1.54) is 19.3 Å². The Labute approximate surface area is 96.8 Å². The van der Waals surface area contributed by atoms with Gasteiger partial charge in [-0.25, -0.2) is 0 Å². The number of hydrogen-bond acceptors (Lipinski definition) is 0. The van der Waals surface area contributed by atoms with Crippen molar-refractivity contribution in [1.29, 1.82) is 0 Å². The number of unbranched alkanes of at least 4 members (excludes halogenated alkanes) is 2. The van der Waals surface area contributed by atoms with E-state index < -0.39 is 19.4 Å². The molecule has 0 saturated heterocycles. The van der Waals surface area contributed by atoms with Gasteiger partial charge in [0.25, 0.3) is 0 Å². The Bertz CT molecular complexity index is 153. The molecule has 0 spiro atoms. The second-order valence-electron chi connectivity index (χ2n) is 2.86. The SMILES string of the molecule is CCCC/C=C/C/C=C/[CH2][Zr]([Cl])[Cl]. The van der Waals surface area contributed by atoms with Crippen molar-refractivity contribution in [2.24, 2.45) is 0 Å². The average molecular weight is 299 g/mol. The van der Waals surface area contributed by atoms with Gasteiger partial charge in [0.05, 0.1) is 0 Å².